The normalized spacial score (nSPS) is 9.64. The summed E-state index contributed by atoms with van der Waals surface area (Å²) in [6.07, 6.45) is 1.20. The number of methoxy groups -OCH3 is 1. The van der Waals surface area contributed by atoms with Crippen LogP contribution in [-0.2, 0) is 11.3 Å². The maximum atomic E-state index is 10.7. The van der Waals surface area contributed by atoms with Crippen molar-refractivity contribution in [2.24, 2.45) is 0 Å². The quantitative estimate of drug-likeness (QED) is 0.609. The topological polar surface area (TPSA) is 72.6 Å². The van der Waals surface area contributed by atoms with Gasteiger partial charge in [0.1, 0.15) is 12.0 Å². The minimum Gasteiger partial charge on any atom is -0.462 e. The van der Waals surface area contributed by atoms with Gasteiger partial charge in [0.2, 0.25) is 0 Å². The molecule has 60 valence electrons. The van der Waals surface area contributed by atoms with Gasteiger partial charge < -0.3 is 14.3 Å². The number of hydrogen-bond acceptors (Lipinski definition) is 5. The Bertz CT molecular complexity index is 255. The molecule has 0 aliphatic carbocycles. The number of oxazole rings is 1. The largest absolute Gasteiger partial charge is 0.462 e. The first kappa shape index (κ1) is 7.74. The Kier molecular flexibility index (Phi) is 2.22. The summed E-state index contributed by atoms with van der Waals surface area (Å²) < 4.78 is 8.98. The zero-order chi connectivity index (χ0) is 8.27. The first-order valence-electron chi connectivity index (χ1n) is 2.91. The average molecular weight is 157 g/mol. The van der Waals surface area contributed by atoms with Gasteiger partial charge in [0.15, 0.2) is 0 Å². The lowest BCUT2D eigenvalue weighted by atomic mass is 10.5. The summed E-state index contributed by atoms with van der Waals surface area (Å²) in [4.78, 5) is 14.3. The second-order valence-electron chi connectivity index (χ2n) is 1.79. The van der Waals surface area contributed by atoms with E-state index in [-0.39, 0.29) is 12.5 Å². The van der Waals surface area contributed by atoms with Gasteiger partial charge in [-0.25, -0.2) is 9.78 Å². The SMILES string of the molecule is COC(=O)c1nc(CO)co1. The predicted octanol–water partition coefficient (Wildman–Crippen LogP) is -0.0465. The highest BCUT2D eigenvalue weighted by Crippen LogP contribution is 2.02. The number of hydrogen-bond donors (Lipinski definition) is 1. The van der Waals surface area contributed by atoms with Crippen LogP contribution in [0.5, 0.6) is 0 Å². The van der Waals surface area contributed by atoms with Crippen LogP contribution in [0.4, 0.5) is 0 Å². The Hall–Kier alpha value is -1.36. The van der Waals surface area contributed by atoms with Gasteiger partial charge in [-0.1, -0.05) is 0 Å². The molecule has 0 fully saturated rings. The van der Waals surface area contributed by atoms with Crippen molar-refractivity contribution in [3.05, 3.63) is 17.8 Å². The lowest BCUT2D eigenvalue weighted by Crippen LogP contribution is -2.01. The fourth-order valence-electron chi connectivity index (χ4n) is 0.561. The third-order valence-electron chi connectivity index (χ3n) is 1.07. The fourth-order valence-corrected chi connectivity index (χ4v) is 0.561. The number of aromatic nitrogens is 1. The second kappa shape index (κ2) is 3.16. The lowest BCUT2D eigenvalue weighted by molar-refractivity contribution is 0.0556. The van der Waals surface area contributed by atoms with Crippen molar-refractivity contribution in [3.63, 3.8) is 0 Å². The molecule has 0 aliphatic heterocycles. The Labute approximate surface area is 62.6 Å². The number of carbonyl (C=O) groups excluding carboxylic acids is 1. The van der Waals surface area contributed by atoms with E-state index >= 15 is 0 Å². The van der Waals surface area contributed by atoms with Crippen molar-refractivity contribution < 1.29 is 19.1 Å². The molecular weight excluding hydrogens is 150 g/mol. The monoisotopic (exact) mass is 157 g/mol. The van der Waals surface area contributed by atoms with E-state index in [1.54, 1.807) is 0 Å². The van der Waals surface area contributed by atoms with Gasteiger partial charge in [0.25, 0.3) is 0 Å². The minimum absolute atomic E-state index is 0.142. The number of esters is 1. The summed E-state index contributed by atoms with van der Waals surface area (Å²) in [6, 6.07) is 0. The average Bonchev–Trinajstić information content (AvgIpc) is 2.50. The van der Waals surface area contributed by atoms with Crippen molar-refractivity contribution in [2.75, 3.05) is 7.11 Å². The first-order chi connectivity index (χ1) is 5.27. The molecule has 5 nitrogen and oxygen atoms in total. The highest BCUT2D eigenvalue weighted by atomic mass is 16.5. The fraction of sp³-hybridized carbons (Fsp3) is 0.333. The number of aliphatic hydroxyl groups is 1. The van der Waals surface area contributed by atoms with Crippen LogP contribution >= 0.6 is 0 Å². The molecule has 0 saturated carbocycles. The van der Waals surface area contributed by atoms with E-state index in [1.165, 1.54) is 13.4 Å². The first-order valence-corrected chi connectivity index (χ1v) is 2.91. The molecule has 1 aromatic heterocycles. The van der Waals surface area contributed by atoms with Crippen LogP contribution in [0.25, 0.3) is 0 Å². The standard InChI is InChI=1S/C6H7NO4/c1-10-6(9)5-7-4(2-8)3-11-5/h3,8H,2H2,1H3. The van der Waals surface area contributed by atoms with E-state index in [4.69, 9.17) is 5.11 Å². The maximum absolute atomic E-state index is 10.7. The van der Waals surface area contributed by atoms with E-state index in [9.17, 15) is 4.79 Å². The molecule has 0 saturated heterocycles. The molecule has 5 heteroatoms. The molecule has 0 unspecified atom stereocenters. The highest BCUT2D eigenvalue weighted by molar-refractivity contribution is 5.83. The summed E-state index contributed by atoms with van der Waals surface area (Å²) >= 11 is 0. The summed E-state index contributed by atoms with van der Waals surface area (Å²) in [6.45, 7) is -0.250. The molecule has 1 heterocycles. The van der Waals surface area contributed by atoms with Crippen molar-refractivity contribution in [3.8, 4) is 0 Å². The number of aliphatic hydroxyl groups excluding tert-OH is 1. The van der Waals surface area contributed by atoms with Crippen molar-refractivity contribution in [1.29, 1.82) is 0 Å². The summed E-state index contributed by atoms with van der Waals surface area (Å²) in [5.41, 5.74) is 0.311. The number of nitrogens with zero attached hydrogens (tertiary/aromatic N) is 1. The van der Waals surface area contributed by atoms with Gasteiger partial charge in [0.05, 0.1) is 13.7 Å². The van der Waals surface area contributed by atoms with Gasteiger partial charge in [-0.3, -0.25) is 0 Å². The van der Waals surface area contributed by atoms with Crippen LogP contribution < -0.4 is 0 Å². The lowest BCUT2D eigenvalue weighted by Gasteiger charge is -1.88. The van der Waals surface area contributed by atoms with Gasteiger partial charge in [0, 0.05) is 0 Å². The Balaban J connectivity index is 2.80. The van der Waals surface area contributed by atoms with Gasteiger partial charge >= 0.3 is 11.9 Å². The Morgan fingerprint density at radius 1 is 1.91 bits per heavy atom. The van der Waals surface area contributed by atoms with Crippen LogP contribution in [0.3, 0.4) is 0 Å². The number of ether oxygens (including phenoxy) is 1. The number of carbonyl (C=O) groups is 1. The predicted molar refractivity (Wildman–Crippen MR) is 33.8 cm³/mol. The smallest absolute Gasteiger partial charge is 0.394 e. The van der Waals surface area contributed by atoms with Crippen LogP contribution in [-0.4, -0.2) is 23.2 Å². The van der Waals surface area contributed by atoms with Crippen molar-refractivity contribution >= 4 is 5.97 Å². The Morgan fingerprint density at radius 2 is 2.64 bits per heavy atom. The Morgan fingerprint density at radius 3 is 3.09 bits per heavy atom. The van der Waals surface area contributed by atoms with Gasteiger partial charge in [-0.15, -0.1) is 0 Å². The third kappa shape index (κ3) is 1.56. The van der Waals surface area contributed by atoms with E-state index in [1.807, 2.05) is 0 Å². The van der Waals surface area contributed by atoms with E-state index in [2.05, 4.69) is 14.1 Å². The second-order valence-corrected chi connectivity index (χ2v) is 1.79. The zero-order valence-electron chi connectivity index (χ0n) is 5.90. The summed E-state index contributed by atoms with van der Waals surface area (Å²) in [7, 11) is 1.23. The summed E-state index contributed by atoms with van der Waals surface area (Å²) in [5.74, 6) is -0.791. The molecule has 0 bridgehead atoms. The van der Waals surface area contributed by atoms with Crippen LogP contribution in [0, 0.1) is 0 Å². The highest BCUT2D eigenvalue weighted by Gasteiger charge is 2.12. The molecular formula is C6H7NO4. The molecule has 0 aromatic carbocycles. The molecule has 11 heavy (non-hydrogen) atoms. The van der Waals surface area contributed by atoms with Crippen LogP contribution in [0.15, 0.2) is 10.7 Å². The molecule has 0 spiro atoms. The van der Waals surface area contributed by atoms with Gasteiger partial charge in [-0.05, 0) is 0 Å². The van der Waals surface area contributed by atoms with Crippen LogP contribution in [0.1, 0.15) is 16.4 Å². The molecule has 0 amide bonds. The van der Waals surface area contributed by atoms with Crippen molar-refractivity contribution in [2.45, 2.75) is 6.61 Å². The van der Waals surface area contributed by atoms with E-state index in [0.717, 1.165) is 0 Å². The zero-order valence-corrected chi connectivity index (χ0v) is 5.90. The van der Waals surface area contributed by atoms with Crippen LogP contribution in [0.2, 0.25) is 0 Å². The van der Waals surface area contributed by atoms with E-state index < -0.39 is 5.97 Å². The molecule has 1 N–H and O–H groups in total. The minimum atomic E-state index is -0.648. The molecule has 1 rings (SSSR count). The van der Waals surface area contributed by atoms with Gasteiger partial charge in [-0.2, -0.15) is 0 Å². The molecule has 1 aromatic rings. The number of rotatable bonds is 2. The van der Waals surface area contributed by atoms with Crippen molar-refractivity contribution in [1.82, 2.24) is 4.98 Å². The summed E-state index contributed by atoms with van der Waals surface area (Å²) in [5, 5.41) is 8.53. The molecule has 0 atom stereocenters. The maximum Gasteiger partial charge on any atom is 0.394 e. The third-order valence-corrected chi connectivity index (χ3v) is 1.07. The molecule has 0 radical (unpaired) electrons. The van der Waals surface area contributed by atoms with E-state index in [0.29, 0.717) is 5.69 Å². The molecule has 0 aliphatic rings.